The van der Waals surface area contributed by atoms with Crippen LogP contribution in [-0.2, 0) is 14.3 Å². The van der Waals surface area contributed by atoms with E-state index in [2.05, 4.69) is 18.8 Å². The van der Waals surface area contributed by atoms with Crippen molar-refractivity contribution >= 4 is 40.7 Å². The number of allylic oxidation sites excluding steroid dienone is 1. The second kappa shape index (κ2) is 7.40. The molecule has 0 radical (unpaired) electrons. The first-order valence-electron chi connectivity index (χ1n) is 9.07. The lowest BCUT2D eigenvalue weighted by Crippen LogP contribution is -2.44. The molecule has 6 heteroatoms. The van der Waals surface area contributed by atoms with Crippen LogP contribution in [0.3, 0.4) is 0 Å². The van der Waals surface area contributed by atoms with Gasteiger partial charge in [-0.15, -0.1) is 0 Å². The number of aliphatic imine (C=N–C) groups is 1. The first-order valence-corrected chi connectivity index (χ1v) is 9.83. The highest BCUT2D eigenvalue weighted by molar-refractivity contribution is 6.35. The van der Waals surface area contributed by atoms with Crippen LogP contribution in [0.4, 0.5) is 0 Å². The van der Waals surface area contributed by atoms with Gasteiger partial charge in [-0.1, -0.05) is 43.1 Å². The highest BCUT2D eigenvalue weighted by Crippen LogP contribution is 2.48. The summed E-state index contributed by atoms with van der Waals surface area (Å²) in [5.41, 5.74) is 2.36. The van der Waals surface area contributed by atoms with Crippen LogP contribution >= 0.6 is 23.2 Å². The van der Waals surface area contributed by atoms with Gasteiger partial charge in [0.15, 0.2) is 0 Å². The van der Waals surface area contributed by atoms with E-state index < -0.39 is 17.8 Å². The van der Waals surface area contributed by atoms with Crippen molar-refractivity contribution in [3.8, 4) is 0 Å². The smallest absolute Gasteiger partial charge is 0.336 e. The molecule has 0 bridgehead atoms. The Morgan fingerprint density at radius 3 is 2.59 bits per heavy atom. The van der Waals surface area contributed by atoms with E-state index in [1.54, 1.807) is 32.0 Å². The minimum atomic E-state index is -0.509. The summed E-state index contributed by atoms with van der Waals surface area (Å²) in [6.07, 6.45) is 1.14. The Kier molecular flexibility index (Phi) is 5.51. The van der Waals surface area contributed by atoms with Crippen LogP contribution in [0.25, 0.3) is 0 Å². The average molecular weight is 408 g/mol. The third-order valence-corrected chi connectivity index (χ3v) is 5.72. The fourth-order valence-electron chi connectivity index (χ4n) is 4.16. The minimum Gasteiger partial charge on any atom is -0.463 e. The lowest BCUT2D eigenvalue weighted by atomic mass is 9.63. The third kappa shape index (κ3) is 3.83. The average Bonchev–Trinajstić information content (AvgIpc) is 2.52. The van der Waals surface area contributed by atoms with E-state index in [0.29, 0.717) is 39.7 Å². The molecule has 1 fully saturated rings. The molecule has 27 heavy (non-hydrogen) atoms. The maximum atomic E-state index is 13.1. The third-order valence-electron chi connectivity index (χ3n) is 5.16. The van der Waals surface area contributed by atoms with Gasteiger partial charge in [0.25, 0.3) is 0 Å². The molecular weight excluding hydrogens is 385 g/mol. The topological polar surface area (TPSA) is 55.7 Å². The number of halogens is 2. The van der Waals surface area contributed by atoms with E-state index >= 15 is 0 Å². The standard InChI is InChI=1S/C21H23Cl2NO3/c1-5-27-20(26)17-11(2)24-15-9-21(3,4)10-16(25)19(15)18(17)13-7-6-12(22)8-14(13)23/h6-8,18-19H,5,9-10H2,1-4H3. The maximum Gasteiger partial charge on any atom is 0.336 e. The predicted molar refractivity (Wildman–Crippen MR) is 107 cm³/mol. The Morgan fingerprint density at radius 1 is 1.26 bits per heavy atom. The van der Waals surface area contributed by atoms with Crippen LogP contribution in [0.1, 0.15) is 52.0 Å². The van der Waals surface area contributed by atoms with Crippen molar-refractivity contribution in [3.05, 3.63) is 45.1 Å². The zero-order valence-electron chi connectivity index (χ0n) is 15.9. The molecule has 1 aliphatic carbocycles. The number of carbonyl (C=O) groups excluding carboxylic acids is 2. The SMILES string of the molecule is CCOC(=O)C1=C(C)N=C2CC(C)(C)CC(=O)C2C1c1ccc(Cl)cc1Cl. The quantitative estimate of drug-likeness (QED) is 0.632. The second-order valence-corrected chi connectivity index (χ2v) is 8.77. The number of esters is 1. The Hall–Kier alpha value is -1.65. The number of hydrogen-bond donors (Lipinski definition) is 0. The first kappa shape index (κ1) is 20.1. The molecule has 2 unspecified atom stereocenters. The monoisotopic (exact) mass is 407 g/mol. The molecule has 0 aromatic heterocycles. The number of rotatable bonds is 3. The molecule has 3 rings (SSSR count). The number of fused-ring (bicyclic) bond motifs is 1. The Morgan fingerprint density at radius 2 is 1.96 bits per heavy atom. The van der Waals surface area contributed by atoms with E-state index in [-0.39, 0.29) is 17.8 Å². The van der Waals surface area contributed by atoms with Crippen LogP contribution in [-0.4, -0.2) is 24.1 Å². The molecule has 2 atom stereocenters. The fraction of sp³-hybridized carbons (Fsp3) is 0.476. The van der Waals surface area contributed by atoms with Crippen molar-refractivity contribution in [2.75, 3.05) is 6.61 Å². The summed E-state index contributed by atoms with van der Waals surface area (Å²) in [5, 5.41) is 0.934. The van der Waals surface area contributed by atoms with Gasteiger partial charge in [0.1, 0.15) is 5.78 Å². The van der Waals surface area contributed by atoms with Crippen LogP contribution in [0.15, 0.2) is 34.5 Å². The van der Waals surface area contributed by atoms with Crippen molar-refractivity contribution in [2.45, 2.75) is 46.5 Å². The molecule has 0 spiro atoms. The fourth-order valence-corrected chi connectivity index (χ4v) is 4.68. The number of Topliss-reactive ketones (excluding diaryl/α,β-unsaturated/α-hetero) is 1. The molecule has 2 aliphatic rings. The number of nitrogens with zero attached hydrogens (tertiary/aromatic N) is 1. The van der Waals surface area contributed by atoms with Crippen LogP contribution in [0.5, 0.6) is 0 Å². The summed E-state index contributed by atoms with van der Waals surface area (Å²) in [7, 11) is 0. The van der Waals surface area contributed by atoms with Crippen LogP contribution in [0.2, 0.25) is 10.0 Å². The second-order valence-electron chi connectivity index (χ2n) is 7.93. The van der Waals surface area contributed by atoms with E-state index in [0.717, 1.165) is 5.71 Å². The van der Waals surface area contributed by atoms with Gasteiger partial charge in [0, 0.05) is 33.8 Å². The molecule has 0 saturated heterocycles. The van der Waals surface area contributed by atoms with Crippen molar-refractivity contribution in [2.24, 2.45) is 16.3 Å². The highest BCUT2D eigenvalue weighted by Gasteiger charge is 2.48. The van der Waals surface area contributed by atoms with Crippen molar-refractivity contribution in [1.82, 2.24) is 0 Å². The molecule has 0 amide bonds. The summed E-state index contributed by atoms with van der Waals surface area (Å²) in [5.74, 6) is -1.38. The predicted octanol–water partition coefficient (Wildman–Crippen LogP) is 5.37. The van der Waals surface area contributed by atoms with Crippen LogP contribution < -0.4 is 0 Å². The summed E-state index contributed by atoms with van der Waals surface area (Å²) in [6.45, 7) is 7.92. The van der Waals surface area contributed by atoms with E-state index in [1.165, 1.54) is 0 Å². The lowest BCUT2D eigenvalue weighted by Gasteiger charge is -2.41. The van der Waals surface area contributed by atoms with Gasteiger partial charge in [0.2, 0.25) is 0 Å². The van der Waals surface area contributed by atoms with Gasteiger partial charge >= 0.3 is 5.97 Å². The summed E-state index contributed by atoms with van der Waals surface area (Å²) in [4.78, 5) is 30.5. The van der Waals surface area contributed by atoms with E-state index in [1.807, 2.05) is 0 Å². The number of carbonyl (C=O) groups is 2. The van der Waals surface area contributed by atoms with Crippen molar-refractivity contribution < 1.29 is 14.3 Å². The van der Waals surface area contributed by atoms with Gasteiger partial charge < -0.3 is 4.74 Å². The summed E-state index contributed by atoms with van der Waals surface area (Å²) >= 11 is 12.5. The van der Waals surface area contributed by atoms with E-state index in [4.69, 9.17) is 27.9 Å². The molecule has 1 saturated carbocycles. The highest BCUT2D eigenvalue weighted by atomic mass is 35.5. The number of ketones is 1. The van der Waals surface area contributed by atoms with E-state index in [9.17, 15) is 9.59 Å². The van der Waals surface area contributed by atoms with Gasteiger partial charge in [-0.25, -0.2) is 4.79 Å². The van der Waals surface area contributed by atoms with Gasteiger partial charge in [-0.3, -0.25) is 9.79 Å². The molecule has 4 nitrogen and oxygen atoms in total. The Bertz CT molecular complexity index is 870. The number of benzene rings is 1. The normalized spacial score (nSPS) is 24.4. The number of hydrogen-bond acceptors (Lipinski definition) is 4. The zero-order chi connectivity index (χ0) is 19.9. The van der Waals surface area contributed by atoms with Gasteiger partial charge in [0.05, 0.1) is 18.1 Å². The zero-order valence-corrected chi connectivity index (χ0v) is 17.4. The molecule has 1 aliphatic heterocycles. The molecule has 1 aromatic carbocycles. The minimum absolute atomic E-state index is 0.0790. The summed E-state index contributed by atoms with van der Waals surface area (Å²) in [6, 6.07) is 5.15. The molecule has 144 valence electrons. The summed E-state index contributed by atoms with van der Waals surface area (Å²) < 4.78 is 5.28. The largest absolute Gasteiger partial charge is 0.463 e. The Labute approximate surface area is 169 Å². The molecule has 0 N–H and O–H groups in total. The van der Waals surface area contributed by atoms with Crippen molar-refractivity contribution in [3.63, 3.8) is 0 Å². The van der Waals surface area contributed by atoms with Gasteiger partial charge in [-0.05, 0) is 43.4 Å². The maximum absolute atomic E-state index is 13.1. The molecule has 1 heterocycles. The molecule has 1 aromatic rings. The first-order chi connectivity index (χ1) is 12.6. The van der Waals surface area contributed by atoms with Crippen molar-refractivity contribution in [1.29, 1.82) is 0 Å². The number of ether oxygens (including phenoxy) is 1. The molecular formula is C21H23Cl2NO3. The Balaban J connectivity index is 2.20. The van der Waals surface area contributed by atoms with Crippen LogP contribution in [0, 0.1) is 11.3 Å². The lowest BCUT2D eigenvalue weighted by molar-refractivity contribution is -0.139. The van der Waals surface area contributed by atoms with Gasteiger partial charge in [-0.2, -0.15) is 0 Å².